The molecule has 0 unspecified atom stereocenters. The molecule has 0 aliphatic carbocycles. The monoisotopic (exact) mass is 320 g/mol. The molecule has 20 heavy (non-hydrogen) atoms. The summed E-state index contributed by atoms with van der Waals surface area (Å²) in [4.78, 5) is 0.251. The molecule has 0 amide bonds. The summed E-state index contributed by atoms with van der Waals surface area (Å²) in [6.45, 7) is 2.32. The van der Waals surface area contributed by atoms with Crippen LogP contribution in [0.3, 0.4) is 0 Å². The molecule has 0 bridgehead atoms. The van der Waals surface area contributed by atoms with Crippen molar-refractivity contribution in [2.45, 2.75) is 18.2 Å². The van der Waals surface area contributed by atoms with Crippen LogP contribution in [0.15, 0.2) is 29.2 Å². The maximum atomic E-state index is 12.1. The number of para-hydroxylation sites is 1. The van der Waals surface area contributed by atoms with Crippen LogP contribution in [0.5, 0.6) is 0 Å². The van der Waals surface area contributed by atoms with Gasteiger partial charge in [-0.15, -0.1) is 0 Å². The van der Waals surface area contributed by atoms with Gasteiger partial charge in [0.1, 0.15) is 0 Å². The quantitative estimate of drug-likeness (QED) is 0.692. The Bertz CT molecular complexity index is 639. The van der Waals surface area contributed by atoms with E-state index in [-0.39, 0.29) is 17.2 Å². The highest BCUT2D eigenvalue weighted by Crippen LogP contribution is 2.22. The van der Waals surface area contributed by atoms with Crippen molar-refractivity contribution in [3.05, 3.63) is 24.3 Å². The van der Waals surface area contributed by atoms with Crippen molar-refractivity contribution < 1.29 is 16.8 Å². The first-order chi connectivity index (χ1) is 9.26. The van der Waals surface area contributed by atoms with Gasteiger partial charge in [0.2, 0.25) is 10.0 Å². The van der Waals surface area contributed by atoms with Crippen molar-refractivity contribution >= 4 is 25.5 Å². The highest BCUT2D eigenvalue weighted by Gasteiger charge is 2.16. The van der Waals surface area contributed by atoms with Crippen LogP contribution in [0.2, 0.25) is 0 Å². The Hall–Kier alpha value is -1.12. The van der Waals surface area contributed by atoms with Gasteiger partial charge in [0.15, 0.2) is 9.84 Å². The lowest BCUT2D eigenvalue weighted by Crippen LogP contribution is -2.28. The van der Waals surface area contributed by atoms with Crippen molar-refractivity contribution in [3.8, 4) is 0 Å². The second kappa shape index (κ2) is 7.05. The van der Waals surface area contributed by atoms with E-state index in [9.17, 15) is 16.8 Å². The van der Waals surface area contributed by atoms with E-state index in [0.717, 1.165) is 6.26 Å². The zero-order valence-corrected chi connectivity index (χ0v) is 13.2. The Kier molecular flexibility index (Phi) is 5.97. The average molecular weight is 320 g/mol. The van der Waals surface area contributed by atoms with Gasteiger partial charge >= 0.3 is 0 Å². The van der Waals surface area contributed by atoms with Gasteiger partial charge in [0.05, 0.1) is 22.6 Å². The van der Waals surface area contributed by atoms with E-state index >= 15 is 0 Å². The third-order valence-corrected chi connectivity index (χ3v) is 5.20. The SMILES string of the molecule is CCCS(=O)(=O)c1ccccc1NCCNS(C)(=O)=O. The van der Waals surface area contributed by atoms with E-state index in [1.165, 1.54) is 0 Å². The van der Waals surface area contributed by atoms with Gasteiger partial charge < -0.3 is 5.32 Å². The molecule has 0 aliphatic rings. The van der Waals surface area contributed by atoms with E-state index in [4.69, 9.17) is 0 Å². The third kappa shape index (κ3) is 5.48. The number of benzene rings is 1. The summed E-state index contributed by atoms with van der Waals surface area (Å²) in [5.41, 5.74) is 0.497. The summed E-state index contributed by atoms with van der Waals surface area (Å²) in [6.07, 6.45) is 1.62. The van der Waals surface area contributed by atoms with Crippen molar-refractivity contribution in [2.24, 2.45) is 0 Å². The normalized spacial score (nSPS) is 12.3. The molecule has 0 fully saturated rings. The Morgan fingerprint density at radius 2 is 1.70 bits per heavy atom. The maximum absolute atomic E-state index is 12.1. The fraction of sp³-hybridized carbons (Fsp3) is 0.500. The molecule has 6 nitrogen and oxygen atoms in total. The van der Waals surface area contributed by atoms with Crippen LogP contribution in [-0.2, 0) is 19.9 Å². The lowest BCUT2D eigenvalue weighted by Gasteiger charge is -2.12. The molecule has 0 aliphatic heterocycles. The molecular weight excluding hydrogens is 300 g/mol. The molecule has 8 heteroatoms. The van der Waals surface area contributed by atoms with Crippen molar-refractivity contribution in [1.29, 1.82) is 0 Å². The number of sulfonamides is 1. The summed E-state index contributed by atoms with van der Waals surface area (Å²) in [6, 6.07) is 6.63. The van der Waals surface area contributed by atoms with Crippen LogP contribution < -0.4 is 10.0 Å². The standard InChI is InChI=1S/C12H20N2O4S2/c1-3-10-20(17,18)12-7-5-4-6-11(12)13-8-9-14-19(2,15)16/h4-7,13-14H,3,8-10H2,1-2H3. The fourth-order valence-electron chi connectivity index (χ4n) is 1.70. The van der Waals surface area contributed by atoms with E-state index in [0.29, 0.717) is 18.7 Å². The first-order valence-electron chi connectivity index (χ1n) is 6.26. The minimum atomic E-state index is -3.31. The number of nitrogens with one attached hydrogen (secondary N) is 2. The second-order valence-electron chi connectivity index (χ2n) is 4.41. The zero-order chi connectivity index (χ0) is 15.2. The molecular formula is C12H20N2O4S2. The Labute approximate surface area is 120 Å². The lowest BCUT2D eigenvalue weighted by molar-refractivity contribution is 0.588. The second-order valence-corrected chi connectivity index (χ2v) is 8.32. The number of anilines is 1. The first kappa shape index (κ1) is 16.9. The summed E-state index contributed by atoms with van der Waals surface area (Å²) in [5.74, 6) is 0.0906. The molecule has 1 rings (SSSR count). The predicted molar refractivity (Wildman–Crippen MR) is 80.1 cm³/mol. The van der Waals surface area contributed by atoms with Crippen molar-refractivity contribution in [2.75, 3.05) is 30.4 Å². The minimum Gasteiger partial charge on any atom is -0.383 e. The molecule has 0 radical (unpaired) electrons. The van der Waals surface area contributed by atoms with Gasteiger partial charge in [0.25, 0.3) is 0 Å². The van der Waals surface area contributed by atoms with Gasteiger partial charge in [-0.1, -0.05) is 19.1 Å². The van der Waals surface area contributed by atoms with Gasteiger partial charge in [-0.05, 0) is 18.6 Å². The Balaban J connectivity index is 2.77. The average Bonchev–Trinajstić information content (AvgIpc) is 2.34. The highest BCUT2D eigenvalue weighted by atomic mass is 32.2. The summed E-state index contributed by atoms with van der Waals surface area (Å²) < 4.78 is 48.4. The molecule has 1 aromatic rings. The van der Waals surface area contributed by atoms with Crippen molar-refractivity contribution in [3.63, 3.8) is 0 Å². The molecule has 0 saturated heterocycles. The van der Waals surface area contributed by atoms with Crippen LogP contribution in [0, 0.1) is 0 Å². The number of sulfone groups is 1. The van der Waals surface area contributed by atoms with E-state index < -0.39 is 19.9 Å². The summed E-state index contributed by atoms with van der Waals surface area (Å²) in [5, 5.41) is 2.94. The predicted octanol–water partition coefficient (Wildman–Crippen LogP) is 0.831. The Morgan fingerprint density at radius 1 is 1.05 bits per heavy atom. The number of hydrogen-bond acceptors (Lipinski definition) is 5. The van der Waals surface area contributed by atoms with Gasteiger partial charge in [-0.2, -0.15) is 0 Å². The molecule has 2 N–H and O–H groups in total. The van der Waals surface area contributed by atoms with Gasteiger partial charge in [0, 0.05) is 13.1 Å². The van der Waals surface area contributed by atoms with Crippen LogP contribution in [-0.4, -0.2) is 41.9 Å². The van der Waals surface area contributed by atoms with E-state index in [2.05, 4.69) is 10.0 Å². The third-order valence-electron chi connectivity index (χ3n) is 2.50. The van der Waals surface area contributed by atoms with E-state index in [1.807, 2.05) is 6.92 Å². The Morgan fingerprint density at radius 3 is 2.30 bits per heavy atom. The largest absolute Gasteiger partial charge is 0.383 e. The molecule has 0 saturated carbocycles. The number of hydrogen-bond donors (Lipinski definition) is 2. The van der Waals surface area contributed by atoms with Gasteiger partial charge in [-0.25, -0.2) is 21.6 Å². The van der Waals surface area contributed by atoms with Crippen molar-refractivity contribution in [1.82, 2.24) is 4.72 Å². The zero-order valence-electron chi connectivity index (χ0n) is 11.6. The summed E-state index contributed by atoms with van der Waals surface area (Å²) >= 11 is 0. The van der Waals surface area contributed by atoms with Crippen LogP contribution in [0.1, 0.15) is 13.3 Å². The molecule has 114 valence electrons. The fourth-order valence-corrected chi connectivity index (χ4v) is 3.69. The molecule has 1 aromatic carbocycles. The molecule has 0 atom stereocenters. The maximum Gasteiger partial charge on any atom is 0.208 e. The highest BCUT2D eigenvalue weighted by molar-refractivity contribution is 7.91. The van der Waals surface area contributed by atoms with Crippen LogP contribution in [0.4, 0.5) is 5.69 Å². The molecule has 0 heterocycles. The lowest BCUT2D eigenvalue weighted by atomic mass is 10.3. The smallest absolute Gasteiger partial charge is 0.208 e. The minimum absolute atomic E-state index is 0.0906. The van der Waals surface area contributed by atoms with E-state index in [1.54, 1.807) is 24.3 Å². The molecule has 0 spiro atoms. The molecule has 0 aromatic heterocycles. The summed E-state index contributed by atoms with van der Waals surface area (Å²) in [7, 11) is -6.54. The topological polar surface area (TPSA) is 92.3 Å². The van der Waals surface area contributed by atoms with Crippen LogP contribution >= 0.6 is 0 Å². The first-order valence-corrected chi connectivity index (χ1v) is 9.81. The number of rotatable bonds is 8. The van der Waals surface area contributed by atoms with Crippen LogP contribution in [0.25, 0.3) is 0 Å². The van der Waals surface area contributed by atoms with Gasteiger partial charge in [-0.3, -0.25) is 0 Å².